The van der Waals surface area contributed by atoms with Gasteiger partial charge in [-0.3, -0.25) is 5.84 Å². The molecule has 0 radical (unpaired) electrons. The molecule has 20 heavy (non-hydrogen) atoms. The van der Waals surface area contributed by atoms with Gasteiger partial charge >= 0.3 is 0 Å². The molecule has 0 amide bonds. The zero-order valence-corrected chi connectivity index (χ0v) is 12.6. The van der Waals surface area contributed by atoms with Crippen LogP contribution in [0, 0.1) is 0 Å². The molecular formula is C12H22N4O3S. The first-order valence-corrected chi connectivity index (χ1v) is 8.01. The number of aliphatic hydroxyl groups excluding tert-OH is 1. The number of aliphatic hydroxyl groups is 1. The average Bonchev–Trinajstić information content (AvgIpc) is 2.47. The molecule has 0 saturated heterocycles. The van der Waals surface area contributed by atoms with E-state index in [0.29, 0.717) is 12.8 Å². The molecule has 0 spiro atoms. The van der Waals surface area contributed by atoms with E-state index in [-0.39, 0.29) is 29.9 Å². The summed E-state index contributed by atoms with van der Waals surface area (Å²) in [6, 6.07) is 2.96. The second-order valence-corrected chi connectivity index (χ2v) is 6.12. The number of sulfonamides is 1. The summed E-state index contributed by atoms with van der Waals surface area (Å²) in [5.74, 6) is 5.34. The van der Waals surface area contributed by atoms with Crippen LogP contribution in [0.25, 0.3) is 0 Å². The molecule has 1 rings (SSSR count). The van der Waals surface area contributed by atoms with E-state index in [2.05, 4.69) is 10.4 Å². The van der Waals surface area contributed by atoms with Gasteiger partial charge in [0, 0.05) is 18.8 Å². The fraction of sp³-hybridized carbons (Fsp3) is 0.583. The SMILES string of the molecule is CCC(CC)N(CCO)S(=O)(=O)c1ncccc1NN. The van der Waals surface area contributed by atoms with Crippen molar-refractivity contribution in [2.24, 2.45) is 5.84 Å². The van der Waals surface area contributed by atoms with Gasteiger partial charge in [0.25, 0.3) is 10.0 Å². The van der Waals surface area contributed by atoms with E-state index in [9.17, 15) is 8.42 Å². The number of nitrogens with one attached hydrogen (secondary N) is 1. The molecule has 7 nitrogen and oxygen atoms in total. The highest BCUT2D eigenvalue weighted by molar-refractivity contribution is 7.89. The van der Waals surface area contributed by atoms with Crippen LogP contribution in [0.5, 0.6) is 0 Å². The Morgan fingerprint density at radius 1 is 1.45 bits per heavy atom. The number of rotatable bonds is 8. The highest BCUT2D eigenvalue weighted by Crippen LogP contribution is 2.24. The molecule has 1 aromatic heterocycles. The first kappa shape index (κ1) is 16.8. The van der Waals surface area contributed by atoms with E-state index < -0.39 is 10.0 Å². The minimum Gasteiger partial charge on any atom is -0.395 e. The van der Waals surface area contributed by atoms with Gasteiger partial charge in [0.1, 0.15) is 0 Å². The number of aromatic nitrogens is 1. The molecule has 0 aliphatic carbocycles. The number of hydrogen-bond acceptors (Lipinski definition) is 6. The van der Waals surface area contributed by atoms with Crippen molar-refractivity contribution >= 4 is 15.7 Å². The predicted octanol–water partition coefficient (Wildman–Crippen LogP) is 0.539. The van der Waals surface area contributed by atoms with Gasteiger partial charge in [-0.15, -0.1) is 0 Å². The van der Waals surface area contributed by atoms with E-state index in [1.807, 2.05) is 13.8 Å². The Morgan fingerprint density at radius 3 is 2.60 bits per heavy atom. The van der Waals surface area contributed by atoms with E-state index in [1.54, 1.807) is 12.1 Å². The van der Waals surface area contributed by atoms with Crippen LogP contribution in [0.1, 0.15) is 26.7 Å². The molecule has 8 heteroatoms. The Balaban J connectivity index is 3.29. The average molecular weight is 302 g/mol. The van der Waals surface area contributed by atoms with Gasteiger partial charge in [-0.2, -0.15) is 4.31 Å². The number of pyridine rings is 1. The van der Waals surface area contributed by atoms with E-state index >= 15 is 0 Å². The largest absolute Gasteiger partial charge is 0.395 e. The molecule has 0 bridgehead atoms. The Hall–Kier alpha value is -1.22. The molecule has 0 aliphatic rings. The van der Waals surface area contributed by atoms with Crippen LogP contribution in [0.15, 0.2) is 23.4 Å². The molecule has 1 aromatic rings. The zero-order chi connectivity index (χ0) is 15.2. The summed E-state index contributed by atoms with van der Waals surface area (Å²) < 4.78 is 26.7. The molecule has 0 unspecified atom stereocenters. The predicted molar refractivity (Wildman–Crippen MR) is 77.4 cm³/mol. The Morgan fingerprint density at radius 2 is 2.10 bits per heavy atom. The van der Waals surface area contributed by atoms with Crippen molar-refractivity contribution in [2.75, 3.05) is 18.6 Å². The number of nitrogens with two attached hydrogens (primary N) is 1. The van der Waals surface area contributed by atoms with Crippen molar-refractivity contribution in [3.05, 3.63) is 18.3 Å². The maximum Gasteiger partial charge on any atom is 0.263 e. The van der Waals surface area contributed by atoms with E-state index in [0.717, 1.165) is 0 Å². The van der Waals surface area contributed by atoms with Crippen molar-refractivity contribution < 1.29 is 13.5 Å². The van der Waals surface area contributed by atoms with Crippen LogP contribution < -0.4 is 11.3 Å². The van der Waals surface area contributed by atoms with Gasteiger partial charge in [0.2, 0.25) is 0 Å². The van der Waals surface area contributed by atoms with Crippen molar-refractivity contribution in [1.82, 2.24) is 9.29 Å². The minimum absolute atomic E-state index is 0.0370. The second-order valence-electron chi connectivity index (χ2n) is 4.31. The van der Waals surface area contributed by atoms with Gasteiger partial charge < -0.3 is 10.5 Å². The molecule has 4 N–H and O–H groups in total. The van der Waals surface area contributed by atoms with E-state index in [4.69, 9.17) is 10.9 Å². The number of nitrogens with zero attached hydrogens (tertiary/aromatic N) is 2. The van der Waals surface area contributed by atoms with Crippen molar-refractivity contribution in [1.29, 1.82) is 0 Å². The highest BCUT2D eigenvalue weighted by atomic mass is 32.2. The lowest BCUT2D eigenvalue weighted by molar-refractivity contribution is 0.219. The summed E-state index contributed by atoms with van der Waals surface area (Å²) in [5, 5.41) is 9.02. The molecule has 0 fully saturated rings. The third kappa shape index (κ3) is 3.45. The van der Waals surface area contributed by atoms with Crippen molar-refractivity contribution in [3.63, 3.8) is 0 Å². The van der Waals surface area contributed by atoms with E-state index in [1.165, 1.54) is 10.5 Å². The number of nitrogen functional groups attached to an aromatic ring is 1. The minimum atomic E-state index is -3.81. The van der Waals surface area contributed by atoms with Crippen LogP contribution in [0.2, 0.25) is 0 Å². The molecule has 0 aliphatic heterocycles. The van der Waals surface area contributed by atoms with Crippen LogP contribution >= 0.6 is 0 Å². The van der Waals surface area contributed by atoms with Crippen LogP contribution in [0.4, 0.5) is 5.69 Å². The van der Waals surface area contributed by atoms with Crippen LogP contribution in [-0.2, 0) is 10.0 Å². The van der Waals surface area contributed by atoms with Crippen LogP contribution in [0.3, 0.4) is 0 Å². The first-order chi connectivity index (χ1) is 9.52. The third-order valence-corrected chi connectivity index (χ3v) is 5.06. The summed E-state index contributed by atoms with van der Waals surface area (Å²) in [6.07, 6.45) is 2.72. The summed E-state index contributed by atoms with van der Waals surface area (Å²) in [7, 11) is -3.81. The molecular weight excluding hydrogens is 280 g/mol. The van der Waals surface area contributed by atoms with Gasteiger partial charge in [0.05, 0.1) is 12.3 Å². The monoisotopic (exact) mass is 302 g/mol. The smallest absolute Gasteiger partial charge is 0.263 e. The molecule has 114 valence electrons. The standard InChI is InChI=1S/C12H22N4O3S/c1-3-10(4-2)16(8-9-17)20(18,19)12-11(15-13)6-5-7-14-12/h5-7,10,15,17H,3-4,8-9,13H2,1-2H3. The Bertz CT molecular complexity index is 517. The number of hydrogen-bond donors (Lipinski definition) is 3. The summed E-state index contributed by atoms with van der Waals surface area (Å²) in [5.41, 5.74) is 2.58. The second kappa shape index (κ2) is 7.53. The first-order valence-electron chi connectivity index (χ1n) is 6.57. The lowest BCUT2D eigenvalue weighted by Gasteiger charge is -2.29. The quantitative estimate of drug-likeness (QED) is 0.478. The zero-order valence-electron chi connectivity index (χ0n) is 11.8. The Kier molecular flexibility index (Phi) is 6.34. The Labute approximate surface area is 119 Å². The van der Waals surface area contributed by atoms with Crippen LogP contribution in [-0.4, -0.2) is 42.0 Å². The molecule has 0 aromatic carbocycles. The van der Waals surface area contributed by atoms with Gasteiger partial charge in [-0.05, 0) is 25.0 Å². The lowest BCUT2D eigenvalue weighted by atomic mass is 10.2. The summed E-state index contributed by atoms with van der Waals surface area (Å²) in [4.78, 5) is 3.92. The highest BCUT2D eigenvalue weighted by Gasteiger charge is 2.32. The summed E-state index contributed by atoms with van der Waals surface area (Å²) in [6.45, 7) is 3.62. The fourth-order valence-electron chi connectivity index (χ4n) is 2.11. The van der Waals surface area contributed by atoms with Gasteiger partial charge in [-0.1, -0.05) is 13.8 Å². The normalized spacial score (nSPS) is 12.1. The molecule has 1 heterocycles. The summed E-state index contributed by atoms with van der Waals surface area (Å²) >= 11 is 0. The molecule has 0 saturated carbocycles. The lowest BCUT2D eigenvalue weighted by Crippen LogP contribution is -2.42. The maximum absolute atomic E-state index is 12.7. The number of anilines is 1. The third-order valence-electron chi connectivity index (χ3n) is 3.15. The van der Waals surface area contributed by atoms with Crippen molar-refractivity contribution in [3.8, 4) is 0 Å². The molecule has 0 atom stereocenters. The fourth-order valence-corrected chi connectivity index (χ4v) is 3.94. The van der Waals surface area contributed by atoms with Gasteiger partial charge in [0.15, 0.2) is 5.03 Å². The topological polar surface area (TPSA) is 109 Å². The van der Waals surface area contributed by atoms with Crippen molar-refractivity contribution in [2.45, 2.75) is 37.8 Å². The maximum atomic E-state index is 12.7. The van der Waals surface area contributed by atoms with Gasteiger partial charge in [-0.25, -0.2) is 13.4 Å². The number of hydrazine groups is 1.